The third-order valence-electron chi connectivity index (χ3n) is 5.06. The fraction of sp³-hybridized carbons (Fsp3) is 0.240. The summed E-state index contributed by atoms with van der Waals surface area (Å²) in [5.74, 6) is -0.407. The van der Waals surface area contributed by atoms with Gasteiger partial charge in [-0.1, -0.05) is 71.7 Å². The quantitative estimate of drug-likeness (QED) is 0.384. The highest BCUT2D eigenvalue weighted by molar-refractivity contribution is 9.10. The molecule has 0 aliphatic heterocycles. The number of sulfonamides is 1. The number of hydrogen-bond donors (Lipinski definition) is 2. The molecule has 3 aromatic carbocycles. The summed E-state index contributed by atoms with van der Waals surface area (Å²) >= 11 is 3.31. The molecule has 3 aromatic rings. The Kier molecular flexibility index (Phi) is 8.61. The molecule has 0 unspecified atom stereocenters. The van der Waals surface area contributed by atoms with E-state index in [4.69, 9.17) is 0 Å². The first-order valence-electron chi connectivity index (χ1n) is 10.6. The minimum atomic E-state index is -3.88. The third-order valence-corrected chi connectivity index (χ3v) is 7.08. The van der Waals surface area contributed by atoms with E-state index in [-0.39, 0.29) is 11.3 Å². The number of halogens is 1. The van der Waals surface area contributed by atoms with Crippen LogP contribution < -0.4 is 10.0 Å². The van der Waals surface area contributed by atoms with Crippen LogP contribution in [0.25, 0.3) is 0 Å². The van der Waals surface area contributed by atoms with Crippen LogP contribution in [0.1, 0.15) is 30.9 Å². The number of aryl methyl sites for hydroxylation is 1. The van der Waals surface area contributed by atoms with Crippen molar-refractivity contribution in [3.8, 4) is 0 Å². The topological polar surface area (TPSA) is 75.3 Å². The minimum Gasteiger partial charge on any atom is -0.325 e. The van der Waals surface area contributed by atoms with Crippen LogP contribution in [-0.4, -0.2) is 20.4 Å². The second-order valence-corrected chi connectivity index (χ2v) is 10.2. The summed E-state index contributed by atoms with van der Waals surface area (Å²) in [5.41, 5.74) is 2.71. The largest absolute Gasteiger partial charge is 0.325 e. The van der Waals surface area contributed by atoms with Gasteiger partial charge in [-0.25, -0.2) is 8.42 Å². The Balaban J connectivity index is 1.78. The van der Waals surface area contributed by atoms with Crippen LogP contribution in [0.3, 0.4) is 0 Å². The Labute approximate surface area is 198 Å². The summed E-state index contributed by atoms with van der Waals surface area (Å²) in [4.78, 5) is 13.2. The van der Waals surface area contributed by atoms with Gasteiger partial charge in [-0.2, -0.15) is 4.72 Å². The molecule has 0 saturated carbocycles. The van der Waals surface area contributed by atoms with E-state index in [1.165, 1.54) is 17.7 Å². The van der Waals surface area contributed by atoms with E-state index in [9.17, 15) is 13.2 Å². The number of hydrogen-bond acceptors (Lipinski definition) is 3. The average Bonchev–Trinajstić information content (AvgIpc) is 2.79. The van der Waals surface area contributed by atoms with Gasteiger partial charge in [-0.15, -0.1) is 0 Å². The zero-order chi connectivity index (χ0) is 23.0. The summed E-state index contributed by atoms with van der Waals surface area (Å²) in [6.45, 7) is 2.15. The van der Waals surface area contributed by atoms with Gasteiger partial charge in [-0.3, -0.25) is 4.79 Å². The zero-order valence-electron chi connectivity index (χ0n) is 17.9. The van der Waals surface area contributed by atoms with Crippen LogP contribution in [0, 0.1) is 0 Å². The first-order chi connectivity index (χ1) is 15.4. The highest BCUT2D eigenvalue weighted by Crippen LogP contribution is 2.17. The van der Waals surface area contributed by atoms with Crippen LogP contribution >= 0.6 is 15.9 Å². The summed E-state index contributed by atoms with van der Waals surface area (Å²) in [5, 5.41) is 2.86. The normalized spacial score (nSPS) is 12.3. The molecule has 168 valence electrons. The smallest absolute Gasteiger partial charge is 0.242 e. The molecule has 3 rings (SSSR count). The molecule has 0 spiro atoms. The van der Waals surface area contributed by atoms with Crippen LogP contribution in [-0.2, 0) is 27.7 Å². The molecule has 32 heavy (non-hydrogen) atoms. The monoisotopic (exact) mass is 514 g/mol. The van der Waals surface area contributed by atoms with Crippen molar-refractivity contribution in [3.63, 3.8) is 0 Å². The van der Waals surface area contributed by atoms with Crippen molar-refractivity contribution in [2.75, 3.05) is 5.32 Å². The molecule has 1 atom stereocenters. The molecule has 0 radical (unpaired) electrons. The van der Waals surface area contributed by atoms with E-state index in [2.05, 4.69) is 32.9 Å². The lowest BCUT2D eigenvalue weighted by molar-refractivity contribution is -0.117. The van der Waals surface area contributed by atoms with Gasteiger partial charge in [0.1, 0.15) is 6.04 Å². The molecule has 0 heterocycles. The lowest BCUT2D eigenvalue weighted by Crippen LogP contribution is -2.45. The number of amides is 1. The van der Waals surface area contributed by atoms with Crippen LogP contribution in [0.2, 0.25) is 0 Å². The molecule has 0 aliphatic carbocycles. The fourth-order valence-electron chi connectivity index (χ4n) is 3.27. The van der Waals surface area contributed by atoms with Crippen molar-refractivity contribution < 1.29 is 13.2 Å². The molecule has 0 fully saturated rings. The molecule has 0 aromatic heterocycles. The van der Waals surface area contributed by atoms with E-state index in [0.717, 1.165) is 29.3 Å². The Bertz CT molecular complexity index is 1120. The molecule has 0 saturated heterocycles. The summed E-state index contributed by atoms with van der Waals surface area (Å²) < 4.78 is 29.2. The lowest BCUT2D eigenvalue weighted by Gasteiger charge is -2.19. The van der Waals surface area contributed by atoms with Crippen molar-refractivity contribution in [2.45, 2.75) is 43.5 Å². The fourth-order valence-corrected chi connectivity index (χ4v) is 4.73. The minimum absolute atomic E-state index is 0.104. The number of unbranched alkanes of at least 4 members (excludes halogenated alkanes) is 1. The van der Waals surface area contributed by atoms with Gasteiger partial charge in [0, 0.05) is 10.2 Å². The van der Waals surface area contributed by atoms with Gasteiger partial charge >= 0.3 is 0 Å². The predicted octanol–water partition coefficient (Wildman–Crippen LogP) is 5.32. The molecule has 1 amide bonds. The van der Waals surface area contributed by atoms with Crippen molar-refractivity contribution in [1.82, 2.24) is 4.72 Å². The standard InChI is InChI=1S/C25H27BrN2O3S/c1-2-3-7-19-10-14-22(15-11-19)27-25(29)24(18-20-8-5-4-6-9-20)28-32(30,31)23-16-12-21(26)13-17-23/h4-6,8-17,24,28H,2-3,7,18H2,1H3,(H,27,29)/t24-/m0/s1. The van der Waals surface area contributed by atoms with E-state index in [1.807, 2.05) is 54.6 Å². The molecule has 7 heteroatoms. The Hall–Kier alpha value is -2.48. The Morgan fingerprint density at radius 1 is 0.906 bits per heavy atom. The van der Waals surface area contributed by atoms with E-state index in [0.29, 0.717) is 5.69 Å². The average molecular weight is 515 g/mol. The summed E-state index contributed by atoms with van der Waals surface area (Å²) in [6.07, 6.45) is 3.46. The van der Waals surface area contributed by atoms with Crippen LogP contribution in [0.5, 0.6) is 0 Å². The molecular weight excluding hydrogens is 488 g/mol. The highest BCUT2D eigenvalue weighted by Gasteiger charge is 2.26. The first kappa shape index (κ1) is 24.2. The number of anilines is 1. The first-order valence-corrected chi connectivity index (χ1v) is 12.9. The highest BCUT2D eigenvalue weighted by atomic mass is 79.9. The number of rotatable bonds is 10. The SMILES string of the molecule is CCCCc1ccc(NC(=O)[C@H](Cc2ccccc2)NS(=O)(=O)c2ccc(Br)cc2)cc1. The molecule has 5 nitrogen and oxygen atoms in total. The van der Waals surface area contributed by atoms with E-state index < -0.39 is 22.0 Å². The Morgan fingerprint density at radius 2 is 1.56 bits per heavy atom. The van der Waals surface area contributed by atoms with E-state index >= 15 is 0 Å². The van der Waals surface area contributed by atoms with Crippen molar-refractivity contribution >= 4 is 37.5 Å². The number of carbonyl (C=O) groups excluding carboxylic acids is 1. The summed E-state index contributed by atoms with van der Waals surface area (Å²) in [6, 6.07) is 22.4. The maximum atomic E-state index is 13.1. The number of nitrogens with one attached hydrogen (secondary N) is 2. The number of benzene rings is 3. The predicted molar refractivity (Wildman–Crippen MR) is 132 cm³/mol. The molecule has 0 bridgehead atoms. The number of carbonyl (C=O) groups is 1. The second-order valence-electron chi connectivity index (χ2n) is 7.61. The summed E-state index contributed by atoms with van der Waals surface area (Å²) in [7, 11) is -3.88. The van der Waals surface area contributed by atoms with Gasteiger partial charge in [-0.05, 0) is 66.8 Å². The maximum absolute atomic E-state index is 13.1. The van der Waals surface area contributed by atoms with Gasteiger partial charge in [0.15, 0.2) is 0 Å². The second kappa shape index (κ2) is 11.4. The van der Waals surface area contributed by atoms with Gasteiger partial charge < -0.3 is 5.32 Å². The molecule has 0 aliphatic rings. The van der Waals surface area contributed by atoms with Crippen molar-refractivity contribution in [3.05, 3.63) is 94.5 Å². The maximum Gasteiger partial charge on any atom is 0.242 e. The van der Waals surface area contributed by atoms with E-state index in [1.54, 1.807) is 12.1 Å². The van der Waals surface area contributed by atoms with Crippen LogP contribution in [0.4, 0.5) is 5.69 Å². The van der Waals surface area contributed by atoms with Crippen LogP contribution in [0.15, 0.2) is 88.2 Å². The Morgan fingerprint density at radius 3 is 2.19 bits per heavy atom. The van der Waals surface area contributed by atoms with Gasteiger partial charge in [0.25, 0.3) is 0 Å². The van der Waals surface area contributed by atoms with Gasteiger partial charge in [0.2, 0.25) is 15.9 Å². The van der Waals surface area contributed by atoms with Gasteiger partial charge in [0.05, 0.1) is 4.90 Å². The zero-order valence-corrected chi connectivity index (χ0v) is 20.3. The third kappa shape index (κ3) is 7.02. The molecular formula is C25H27BrN2O3S. The lowest BCUT2D eigenvalue weighted by atomic mass is 10.1. The van der Waals surface area contributed by atoms with Crippen molar-refractivity contribution in [2.24, 2.45) is 0 Å². The molecule has 2 N–H and O–H groups in total. The van der Waals surface area contributed by atoms with Crippen molar-refractivity contribution in [1.29, 1.82) is 0 Å².